The minimum Gasteiger partial charge on any atom is -0.366 e. The summed E-state index contributed by atoms with van der Waals surface area (Å²) < 4.78 is 26.9. The normalized spacial score (nSPS) is 11.1. The molecule has 0 fully saturated rings. The third-order valence-electron chi connectivity index (χ3n) is 2.74. The summed E-state index contributed by atoms with van der Waals surface area (Å²) in [7, 11) is -3.89. The second kappa shape index (κ2) is 5.71. The Hall–Kier alpha value is -2.12. The fourth-order valence-electron chi connectivity index (χ4n) is 1.67. The van der Waals surface area contributed by atoms with Gasteiger partial charge in [-0.2, -0.15) is 0 Å². The van der Waals surface area contributed by atoms with E-state index in [0.29, 0.717) is 5.56 Å². The maximum Gasteiger partial charge on any atom is 0.263 e. The number of sulfonamides is 1. The van der Waals surface area contributed by atoms with Crippen LogP contribution in [0.4, 0.5) is 5.69 Å². The van der Waals surface area contributed by atoms with Gasteiger partial charge in [-0.3, -0.25) is 9.52 Å². The highest BCUT2D eigenvalue weighted by Crippen LogP contribution is 2.21. The molecule has 1 heterocycles. The Kier molecular flexibility index (Phi) is 4.15. The van der Waals surface area contributed by atoms with Crippen LogP contribution in [-0.4, -0.2) is 19.3 Å². The van der Waals surface area contributed by atoms with Crippen molar-refractivity contribution in [2.75, 3.05) is 4.72 Å². The topological polar surface area (TPSA) is 102 Å². The Labute approximate surface area is 127 Å². The number of carbonyl (C=O) groups excluding carboxylic acids is 1. The average molecular weight is 326 g/mol. The van der Waals surface area contributed by atoms with Crippen molar-refractivity contribution in [2.45, 2.75) is 11.8 Å². The number of aryl methyl sites for hydroxylation is 1. The van der Waals surface area contributed by atoms with Gasteiger partial charge in [0.25, 0.3) is 15.9 Å². The zero-order chi connectivity index (χ0) is 15.6. The van der Waals surface area contributed by atoms with Crippen LogP contribution in [0.2, 0.25) is 5.15 Å². The van der Waals surface area contributed by atoms with Gasteiger partial charge in [0.2, 0.25) is 0 Å². The lowest BCUT2D eigenvalue weighted by molar-refractivity contribution is 0.100. The number of pyridine rings is 1. The van der Waals surface area contributed by atoms with Gasteiger partial charge in [0.1, 0.15) is 10.0 Å². The molecule has 0 saturated carbocycles. The summed E-state index contributed by atoms with van der Waals surface area (Å²) in [4.78, 5) is 15.0. The summed E-state index contributed by atoms with van der Waals surface area (Å²) in [6.45, 7) is 1.64. The number of anilines is 1. The number of amides is 1. The Morgan fingerprint density at radius 2 is 2.00 bits per heavy atom. The fourth-order valence-corrected chi connectivity index (χ4v) is 2.88. The quantitative estimate of drug-likeness (QED) is 0.838. The SMILES string of the molecule is Cc1cc(S(=O)(=O)Nc2ccccc2C(N)=O)cnc1Cl. The molecule has 0 spiro atoms. The highest BCUT2D eigenvalue weighted by molar-refractivity contribution is 7.92. The van der Waals surface area contributed by atoms with Crippen LogP contribution >= 0.6 is 11.6 Å². The first kappa shape index (κ1) is 15.3. The molecular weight excluding hydrogens is 314 g/mol. The van der Waals surface area contributed by atoms with Gasteiger partial charge in [-0.15, -0.1) is 0 Å². The number of nitrogens with one attached hydrogen (secondary N) is 1. The Morgan fingerprint density at radius 1 is 1.33 bits per heavy atom. The molecule has 0 aliphatic rings. The van der Waals surface area contributed by atoms with Crippen LogP contribution in [0, 0.1) is 6.92 Å². The summed E-state index contributed by atoms with van der Waals surface area (Å²) in [6.07, 6.45) is 1.14. The minimum absolute atomic E-state index is 0.0522. The van der Waals surface area contributed by atoms with Crippen LogP contribution in [0.3, 0.4) is 0 Å². The predicted molar refractivity (Wildman–Crippen MR) is 79.8 cm³/mol. The number of carbonyl (C=O) groups is 1. The average Bonchev–Trinajstić information content (AvgIpc) is 2.41. The predicted octanol–water partition coefficient (Wildman–Crippen LogP) is 1.94. The molecule has 0 saturated heterocycles. The lowest BCUT2D eigenvalue weighted by Crippen LogP contribution is -2.18. The van der Waals surface area contributed by atoms with E-state index >= 15 is 0 Å². The van der Waals surface area contributed by atoms with Gasteiger partial charge in [0.15, 0.2) is 0 Å². The van der Waals surface area contributed by atoms with Crippen LogP contribution in [0.1, 0.15) is 15.9 Å². The van der Waals surface area contributed by atoms with Crippen molar-refractivity contribution in [3.8, 4) is 0 Å². The van der Waals surface area contributed by atoms with Crippen molar-refractivity contribution < 1.29 is 13.2 Å². The Bertz CT molecular complexity index is 806. The van der Waals surface area contributed by atoms with Gasteiger partial charge >= 0.3 is 0 Å². The molecule has 0 aliphatic carbocycles. The van der Waals surface area contributed by atoms with E-state index in [0.717, 1.165) is 6.20 Å². The van der Waals surface area contributed by atoms with Crippen LogP contribution in [-0.2, 0) is 10.0 Å². The van der Waals surface area contributed by atoms with E-state index in [9.17, 15) is 13.2 Å². The number of rotatable bonds is 4. The first-order valence-electron chi connectivity index (χ1n) is 5.85. The van der Waals surface area contributed by atoms with Crippen LogP contribution in [0.15, 0.2) is 41.4 Å². The van der Waals surface area contributed by atoms with Crippen molar-refractivity contribution in [1.82, 2.24) is 4.98 Å². The largest absolute Gasteiger partial charge is 0.366 e. The Morgan fingerprint density at radius 3 is 2.62 bits per heavy atom. The first-order valence-corrected chi connectivity index (χ1v) is 7.71. The molecule has 2 aromatic rings. The molecule has 0 atom stereocenters. The summed E-state index contributed by atoms with van der Waals surface area (Å²) in [5.41, 5.74) is 5.93. The summed E-state index contributed by atoms with van der Waals surface area (Å²) in [5.74, 6) is -0.723. The van der Waals surface area contributed by atoms with Crippen molar-refractivity contribution in [1.29, 1.82) is 0 Å². The van der Waals surface area contributed by atoms with Gasteiger partial charge < -0.3 is 5.73 Å². The number of nitrogens with two attached hydrogens (primary N) is 1. The number of primary amides is 1. The van der Waals surface area contributed by atoms with Crippen molar-refractivity contribution in [2.24, 2.45) is 5.73 Å². The molecule has 0 bridgehead atoms. The maximum absolute atomic E-state index is 12.3. The highest BCUT2D eigenvalue weighted by atomic mass is 35.5. The van der Waals surface area contributed by atoms with E-state index in [1.165, 1.54) is 18.2 Å². The monoisotopic (exact) mass is 325 g/mol. The van der Waals surface area contributed by atoms with E-state index in [4.69, 9.17) is 17.3 Å². The molecule has 6 nitrogen and oxygen atoms in total. The van der Waals surface area contributed by atoms with Gasteiger partial charge in [-0.25, -0.2) is 13.4 Å². The van der Waals surface area contributed by atoms with Gasteiger partial charge in [-0.05, 0) is 30.7 Å². The van der Waals surface area contributed by atoms with Crippen LogP contribution in [0.25, 0.3) is 0 Å². The van der Waals surface area contributed by atoms with Crippen LogP contribution in [0.5, 0.6) is 0 Å². The summed E-state index contributed by atoms with van der Waals surface area (Å²) >= 11 is 5.77. The molecule has 110 valence electrons. The molecule has 2 rings (SSSR count). The van der Waals surface area contributed by atoms with E-state index in [2.05, 4.69) is 9.71 Å². The number of hydrogen-bond acceptors (Lipinski definition) is 4. The molecule has 21 heavy (non-hydrogen) atoms. The first-order chi connectivity index (χ1) is 9.81. The number of para-hydroxylation sites is 1. The van der Waals surface area contributed by atoms with Crippen LogP contribution < -0.4 is 10.5 Å². The number of halogens is 1. The molecule has 0 unspecified atom stereocenters. The fraction of sp³-hybridized carbons (Fsp3) is 0.0769. The van der Waals surface area contributed by atoms with E-state index in [-0.39, 0.29) is 21.3 Å². The Balaban J connectivity index is 2.42. The van der Waals surface area contributed by atoms with Gasteiger partial charge in [0, 0.05) is 6.20 Å². The van der Waals surface area contributed by atoms with E-state index in [1.54, 1.807) is 19.1 Å². The zero-order valence-electron chi connectivity index (χ0n) is 11.0. The lowest BCUT2D eigenvalue weighted by atomic mass is 10.2. The highest BCUT2D eigenvalue weighted by Gasteiger charge is 2.18. The third-order valence-corrected chi connectivity index (χ3v) is 4.46. The zero-order valence-corrected chi connectivity index (χ0v) is 12.6. The van der Waals surface area contributed by atoms with E-state index < -0.39 is 15.9 Å². The summed E-state index contributed by atoms with van der Waals surface area (Å²) in [5, 5.41) is 0.228. The smallest absolute Gasteiger partial charge is 0.263 e. The number of hydrogen-bond donors (Lipinski definition) is 2. The van der Waals surface area contributed by atoms with E-state index in [1.807, 2.05) is 0 Å². The molecule has 1 aromatic heterocycles. The summed E-state index contributed by atoms with van der Waals surface area (Å²) in [6, 6.07) is 7.46. The van der Waals surface area contributed by atoms with Crippen molar-refractivity contribution in [3.05, 3.63) is 52.8 Å². The third kappa shape index (κ3) is 3.32. The molecule has 1 amide bonds. The second-order valence-corrected chi connectivity index (χ2v) is 6.33. The van der Waals surface area contributed by atoms with Crippen molar-refractivity contribution >= 4 is 33.2 Å². The van der Waals surface area contributed by atoms with Crippen molar-refractivity contribution in [3.63, 3.8) is 0 Å². The second-order valence-electron chi connectivity index (χ2n) is 4.29. The number of aromatic nitrogens is 1. The minimum atomic E-state index is -3.89. The standard InChI is InChI=1S/C13H12ClN3O3S/c1-8-6-9(7-16-12(8)14)21(19,20)17-11-5-3-2-4-10(11)13(15)18/h2-7,17H,1H3,(H2,15,18). The number of benzene rings is 1. The maximum atomic E-state index is 12.3. The molecule has 1 aromatic carbocycles. The molecule has 3 N–H and O–H groups in total. The lowest BCUT2D eigenvalue weighted by Gasteiger charge is -2.11. The number of nitrogens with zero attached hydrogens (tertiary/aromatic N) is 1. The molecular formula is C13H12ClN3O3S. The molecule has 0 aliphatic heterocycles. The van der Waals surface area contributed by atoms with Gasteiger partial charge in [0.05, 0.1) is 11.3 Å². The van der Waals surface area contributed by atoms with Gasteiger partial charge in [-0.1, -0.05) is 23.7 Å². The molecule has 8 heteroatoms. The molecule has 0 radical (unpaired) electrons.